The molecule has 5 heteroatoms. The number of nitrogens with one attached hydrogen (secondary N) is 1. The van der Waals surface area contributed by atoms with Gasteiger partial charge in [-0.15, -0.1) is 0 Å². The quantitative estimate of drug-likeness (QED) is 0.472. The van der Waals surface area contributed by atoms with E-state index in [9.17, 15) is 4.79 Å². The van der Waals surface area contributed by atoms with Gasteiger partial charge in [0.2, 0.25) is 5.91 Å². The molecule has 0 bridgehead atoms. The monoisotopic (exact) mass is 274 g/mol. The molecule has 0 atom stereocenters. The van der Waals surface area contributed by atoms with Crippen molar-refractivity contribution in [2.45, 2.75) is 46.5 Å². The van der Waals surface area contributed by atoms with Crippen LogP contribution in [0.25, 0.3) is 0 Å². The zero-order valence-electron chi connectivity index (χ0n) is 11.8. The van der Waals surface area contributed by atoms with Gasteiger partial charge in [0.25, 0.3) is 0 Å². The molecule has 0 spiro atoms. The Morgan fingerprint density at radius 1 is 1.28 bits per heavy atom. The number of rotatable bonds is 10. The number of carbonyl (C=O) groups is 1. The summed E-state index contributed by atoms with van der Waals surface area (Å²) in [5.74, 6) is -0.0570. The van der Waals surface area contributed by atoms with Crippen LogP contribution in [0, 0.1) is 5.41 Å². The summed E-state index contributed by atoms with van der Waals surface area (Å²) >= 11 is 5.12. The first-order chi connectivity index (χ1) is 8.55. The Balaban J connectivity index is 4.61. The van der Waals surface area contributed by atoms with E-state index in [2.05, 4.69) is 5.32 Å². The van der Waals surface area contributed by atoms with E-state index in [1.807, 2.05) is 20.8 Å². The summed E-state index contributed by atoms with van der Waals surface area (Å²) in [5, 5.41) is 2.88. The van der Waals surface area contributed by atoms with Gasteiger partial charge in [-0.1, -0.05) is 38.9 Å². The van der Waals surface area contributed by atoms with E-state index in [1.165, 1.54) is 0 Å². The molecule has 0 unspecified atom stereocenters. The van der Waals surface area contributed by atoms with Crippen LogP contribution in [0.15, 0.2) is 0 Å². The number of hydrogen-bond donors (Lipinski definition) is 2. The first-order valence-electron chi connectivity index (χ1n) is 6.71. The zero-order valence-corrected chi connectivity index (χ0v) is 12.6. The fourth-order valence-electron chi connectivity index (χ4n) is 2.11. The number of carbonyl (C=O) groups excluding carboxylic acids is 1. The van der Waals surface area contributed by atoms with E-state index in [-0.39, 0.29) is 5.91 Å². The molecule has 0 aliphatic heterocycles. The van der Waals surface area contributed by atoms with Gasteiger partial charge in [0.1, 0.15) is 0 Å². The number of hydrogen-bond acceptors (Lipinski definition) is 3. The van der Waals surface area contributed by atoms with Crippen LogP contribution < -0.4 is 11.1 Å². The van der Waals surface area contributed by atoms with Crippen molar-refractivity contribution in [3.05, 3.63) is 0 Å². The fourth-order valence-corrected chi connectivity index (χ4v) is 2.41. The van der Waals surface area contributed by atoms with E-state index in [0.717, 1.165) is 12.8 Å². The lowest BCUT2D eigenvalue weighted by atomic mass is 9.78. The molecule has 0 rings (SSSR count). The second kappa shape index (κ2) is 9.28. The third-order valence-corrected chi connectivity index (χ3v) is 3.39. The largest absolute Gasteiger partial charge is 0.392 e. The van der Waals surface area contributed by atoms with Crippen molar-refractivity contribution in [3.8, 4) is 0 Å². The summed E-state index contributed by atoms with van der Waals surface area (Å²) in [7, 11) is 0. The van der Waals surface area contributed by atoms with Gasteiger partial charge in [-0.3, -0.25) is 4.79 Å². The summed E-state index contributed by atoms with van der Waals surface area (Å²) in [6.07, 6.45) is 3.18. The van der Waals surface area contributed by atoms with Crippen LogP contribution in [-0.4, -0.2) is 30.7 Å². The number of nitrogens with two attached hydrogens (primary N) is 1. The molecule has 0 saturated carbocycles. The lowest BCUT2D eigenvalue weighted by molar-refractivity contribution is -0.128. The van der Waals surface area contributed by atoms with Crippen molar-refractivity contribution < 1.29 is 9.53 Å². The highest BCUT2D eigenvalue weighted by atomic mass is 32.1. The Labute approximate surface area is 116 Å². The highest BCUT2D eigenvalue weighted by molar-refractivity contribution is 7.80. The maximum Gasteiger partial charge on any atom is 0.233 e. The van der Waals surface area contributed by atoms with E-state index in [4.69, 9.17) is 22.7 Å². The number of thiocarbonyl (C=S) groups is 1. The summed E-state index contributed by atoms with van der Waals surface area (Å²) in [5.41, 5.74) is 5.13. The van der Waals surface area contributed by atoms with Crippen LogP contribution in [0.5, 0.6) is 0 Å². The minimum absolute atomic E-state index is 0.0570. The van der Waals surface area contributed by atoms with Crippen LogP contribution in [-0.2, 0) is 9.53 Å². The fraction of sp³-hybridized carbons (Fsp3) is 0.846. The molecule has 18 heavy (non-hydrogen) atoms. The van der Waals surface area contributed by atoms with E-state index < -0.39 is 5.41 Å². The van der Waals surface area contributed by atoms with Crippen LogP contribution >= 0.6 is 12.2 Å². The molecule has 3 N–H and O–H groups in total. The smallest absolute Gasteiger partial charge is 0.233 e. The first-order valence-corrected chi connectivity index (χ1v) is 7.11. The van der Waals surface area contributed by atoms with Gasteiger partial charge >= 0.3 is 0 Å². The van der Waals surface area contributed by atoms with Gasteiger partial charge in [-0.05, 0) is 19.8 Å². The maximum atomic E-state index is 12.3. The molecule has 0 aromatic rings. The Hall–Kier alpha value is -0.680. The number of amides is 1. The third kappa shape index (κ3) is 4.90. The molecule has 106 valence electrons. The normalized spacial score (nSPS) is 11.3. The van der Waals surface area contributed by atoms with Crippen molar-refractivity contribution in [2.75, 3.05) is 19.8 Å². The van der Waals surface area contributed by atoms with Crippen molar-refractivity contribution >= 4 is 23.1 Å². The molecule has 0 aliphatic rings. The van der Waals surface area contributed by atoms with Gasteiger partial charge in [-0.25, -0.2) is 0 Å². The summed E-state index contributed by atoms with van der Waals surface area (Å²) in [6.45, 7) is 7.68. The van der Waals surface area contributed by atoms with Crippen LogP contribution in [0.1, 0.15) is 46.5 Å². The van der Waals surface area contributed by atoms with E-state index in [1.54, 1.807) is 0 Å². The predicted octanol–water partition coefficient (Wildman–Crippen LogP) is 2.01. The second-order valence-corrected chi connectivity index (χ2v) is 4.84. The average molecular weight is 274 g/mol. The summed E-state index contributed by atoms with van der Waals surface area (Å²) < 4.78 is 5.20. The van der Waals surface area contributed by atoms with Gasteiger partial charge < -0.3 is 15.8 Å². The van der Waals surface area contributed by atoms with Gasteiger partial charge in [-0.2, -0.15) is 0 Å². The van der Waals surface area contributed by atoms with Crippen molar-refractivity contribution in [1.29, 1.82) is 0 Å². The van der Waals surface area contributed by atoms with E-state index in [0.29, 0.717) is 37.6 Å². The highest BCUT2D eigenvalue weighted by Gasteiger charge is 2.39. The third-order valence-electron chi connectivity index (χ3n) is 3.00. The summed E-state index contributed by atoms with van der Waals surface area (Å²) in [6, 6.07) is 0. The lowest BCUT2D eigenvalue weighted by Gasteiger charge is -2.31. The Bertz CT molecular complexity index is 264. The van der Waals surface area contributed by atoms with Crippen LogP contribution in [0.2, 0.25) is 0 Å². The molecule has 0 aliphatic carbocycles. The Morgan fingerprint density at radius 3 is 2.22 bits per heavy atom. The molecule has 0 saturated heterocycles. The lowest BCUT2D eigenvalue weighted by Crippen LogP contribution is -2.49. The van der Waals surface area contributed by atoms with Gasteiger partial charge in [0.05, 0.1) is 17.0 Å². The van der Waals surface area contributed by atoms with Crippen molar-refractivity contribution in [2.24, 2.45) is 11.1 Å². The first kappa shape index (κ1) is 17.3. The van der Waals surface area contributed by atoms with Gasteiger partial charge in [0, 0.05) is 13.2 Å². The van der Waals surface area contributed by atoms with Gasteiger partial charge in [0.15, 0.2) is 0 Å². The minimum atomic E-state index is -0.689. The maximum absolute atomic E-state index is 12.3. The number of ether oxygens (including phenoxy) is 1. The highest BCUT2D eigenvalue weighted by Crippen LogP contribution is 2.30. The SMILES string of the molecule is CCCC(CCC)(C(=O)NCCOCC)C(N)=S. The molecule has 0 radical (unpaired) electrons. The molecule has 0 aromatic carbocycles. The van der Waals surface area contributed by atoms with Crippen molar-refractivity contribution in [1.82, 2.24) is 5.32 Å². The molecule has 1 amide bonds. The molecule has 4 nitrogen and oxygen atoms in total. The average Bonchev–Trinajstić information content (AvgIpc) is 2.33. The molecule has 0 heterocycles. The molecule has 0 fully saturated rings. The second-order valence-electron chi connectivity index (χ2n) is 4.40. The zero-order chi connectivity index (χ0) is 14.0. The van der Waals surface area contributed by atoms with Crippen LogP contribution in [0.4, 0.5) is 0 Å². The Kier molecular flexibility index (Phi) is 8.93. The standard InChI is InChI=1S/C13H26N2O2S/c1-4-7-13(8-5-2,11(14)18)12(16)15-9-10-17-6-3/h4-10H2,1-3H3,(H2,14,18)(H,15,16). The molecular formula is C13H26N2O2S. The minimum Gasteiger partial charge on any atom is -0.392 e. The predicted molar refractivity (Wildman–Crippen MR) is 78.5 cm³/mol. The van der Waals surface area contributed by atoms with E-state index >= 15 is 0 Å². The topological polar surface area (TPSA) is 64.3 Å². The molecular weight excluding hydrogens is 248 g/mol. The summed E-state index contributed by atoms with van der Waals surface area (Å²) in [4.78, 5) is 12.6. The molecule has 0 aromatic heterocycles. The Morgan fingerprint density at radius 2 is 1.83 bits per heavy atom. The van der Waals surface area contributed by atoms with Crippen LogP contribution in [0.3, 0.4) is 0 Å². The van der Waals surface area contributed by atoms with Crippen molar-refractivity contribution in [3.63, 3.8) is 0 Å².